The lowest BCUT2D eigenvalue weighted by Gasteiger charge is -1.89. The second-order valence-corrected chi connectivity index (χ2v) is 1.53. The van der Waals surface area contributed by atoms with Crippen molar-refractivity contribution in [2.24, 2.45) is 0 Å². The minimum atomic E-state index is -0.697. The minimum absolute atomic E-state index is 0.349. The first-order chi connectivity index (χ1) is 4.66. The van der Waals surface area contributed by atoms with E-state index in [1.807, 2.05) is 13.8 Å². The predicted octanol–water partition coefficient (Wildman–Crippen LogP) is 1.34. The van der Waals surface area contributed by atoms with Crippen molar-refractivity contribution >= 4 is 22.8 Å². The molecular formula is C6H11ClO3. The lowest BCUT2D eigenvalue weighted by molar-refractivity contribution is -0.142. The van der Waals surface area contributed by atoms with Gasteiger partial charge in [-0.05, 0) is 11.6 Å². The van der Waals surface area contributed by atoms with Gasteiger partial charge in [-0.3, -0.25) is 9.59 Å². The highest BCUT2D eigenvalue weighted by molar-refractivity contribution is 6.64. The van der Waals surface area contributed by atoms with Crippen LogP contribution in [0.1, 0.15) is 20.3 Å². The molecule has 0 aliphatic heterocycles. The van der Waals surface area contributed by atoms with Gasteiger partial charge in [0.25, 0.3) is 0 Å². The third-order valence-corrected chi connectivity index (χ3v) is 0.645. The third kappa shape index (κ3) is 10.4. The molecule has 0 fully saturated rings. The normalized spacial score (nSPS) is 7.20. The van der Waals surface area contributed by atoms with Crippen LogP contribution in [-0.4, -0.2) is 18.3 Å². The number of rotatable bonds is 2. The van der Waals surface area contributed by atoms with Gasteiger partial charge in [-0.1, -0.05) is 13.8 Å². The van der Waals surface area contributed by atoms with Gasteiger partial charge in [-0.25, -0.2) is 0 Å². The van der Waals surface area contributed by atoms with Crippen LogP contribution in [0.15, 0.2) is 0 Å². The summed E-state index contributed by atoms with van der Waals surface area (Å²) < 4.78 is 4.12. The third-order valence-electron chi connectivity index (χ3n) is 0.511. The molecule has 0 bridgehead atoms. The van der Waals surface area contributed by atoms with Crippen LogP contribution in [0.2, 0.25) is 0 Å². The van der Waals surface area contributed by atoms with Crippen LogP contribution in [0.4, 0.5) is 0 Å². The van der Waals surface area contributed by atoms with Gasteiger partial charge < -0.3 is 4.74 Å². The van der Waals surface area contributed by atoms with Crippen molar-refractivity contribution in [3.8, 4) is 0 Å². The Morgan fingerprint density at radius 2 is 1.80 bits per heavy atom. The first-order valence-corrected chi connectivity index (χ1v) is 3.29. The molecule has 0 aromatic heterocycles. The fourth-order valence-corrected chi connectivity index (χ4v) is 0.295. The van der Waals surface area contributed by atoms with Gasteiger partial charge in [-0.2, -0.15) is 0 Å². The van der Waals surface area contributed by atoms with Crippen molar-refractivity contribution in [3.63, 3.8) is 0 Å². The Kier molecular flexibility index (Phi) is 10.2. The topological polar surface area (TPSA) is 43.4 Å². The molecule has 0 unspecified atom stereocenters. The second kappa shape index (κ2) is 8.43. The maximum absolute atomic E-state index is 10.1. The number of carbonyl (C=O) groups excluding carboxylic acids is 2. The van der Waals surface area contributed by atoms with E-state index in [4.69, 9.17) is 11.6 Å². The summed E-state index contributed by atoms with van der Waals surface area (Å²) in [5.74, 6) is -0.606. The van der Waals surface area contributed by atoms with Crippen molar-refractivity contribution in [2.45, 2.75) is 20.3 Å². The number of halogens is 1. The van der Waals surface area contributed by atoms with E-state index in [0.717, 1.165) is 0 Å². The summed E-state index contributed by atoms with van der Waals surface area (Å²) in [6.07, 6.45) is -0.349. The molecule has 0 saturated heterocycles. The molecule has 0 rings (SSSR count). The smallest absolute Gasteiger partial charge is 0.314 e. The van der Waals surface area contributed by atoms with Crippen molar-refractivity contribution in [2.75, 3.05) is 7.11 Å². The second-order valence-electron chi connectivity index (χ2n) is 1.11. The Morgan fingerprint density at radius 3 is 1.90 bits per heavy atom. The summed E-state index contributed by atoms with van der Waals surface area (Å²) in [5.41, 5.74) is 0. The summed E-state index contributed by atoms with van der Waals surface area (Å²) in [6, 6.07) is 0. The Balaban J connectivity index is 0. The van der Waals surface area contributed by atoms with Crippen LogP contribution in [0, 0.1) is 0 Å². The quantitative estimate of drug-likeness (QED) is 0.353. The van der Waals surface area contributed by atoms with E-state index in [2.05, 4.69) is 4.74 Å². The zero-order valence-electron chi connectivity index (χ0n) is 6.31. The molecule has 0 aromatic carbocycles. The highest BCUT2D eigenvalue weighted by Crippen LogP contribution is 1.89. The lowest BCUT2D eigenvalue weighted by Crippen LogP contribution is -2.03. The number of hydrogen-bond acceptors (Lipinski definition) is 3. The van der Waals surface area contributed by atoms with Crippen LogP contribution in [0.25, 0.3) is 0 Å². The Bertz CT molecular complexity index is 112. The fourth-order valence-electron chi connectivity index (χ4n) is 0.186. The zero-order chi connectivity index (χ0) is 8.57. The van der Waals surface area contributed by atoms with Gasteiger partial charge in [-0.15, -0.1) is 0 Å². The molecule has 0 spiro atoms. The van der Waals surface area contributed by atoms with E-state index in [-0.39, 0.29) is 6.42 Å². The summed E-state index contributed by atoms with van der Waals surface area (Å²) >= 11 is 4.81. The van der Waals surface area contributed by atoms with Gasteiger partial charge in [0.1, 0.15) is 6.42 Å². The molecule has 0 aliphatic carbocycles. The largest absolute Gasteiger partial charge is 0.469 e. The number of hydrogen-bond donors (Lipinski definition) is 0. The van der Waals surface area contributed by atoms with Crippen LogP contribution >= 0.6 is 11.6 Å². The molecule has 10 heavy (non-hydrogen) atoms. The minimum Gasteiger partial charge on any atom is -0.469 e. The number of carbonyl (C=O) groups is 2. The zero-order valence-corrected chi connectivity index (χ0v) is 7.07. The summed E-state index contributed by atoms with van der Waals surface area (Å²) in [5, 5.41) is -0.697. The van der Waals surface area contributed by atoms with Crippen molar-refractivity contribution < 1.29 is 14.3 Å². The van der Waals surface area contributed by atoms with Crippen LogP contribution in [-0.2, 0) is 14.3 Å². The van der Waals surface area contributed by atoms with Gasteiger partial charge >= 0.3 is 5.97 Å². The molecule has 0 N–H and O–H groups in total. The standard InChI is InChI=1S/C4H5ClO3.C2H6/c1-8-4(7)2-3(5)6;1-2/h2H2,1H3;1-2H3. The molecule has 3 nitrogen and oxygen atoms in total. The maximum Gasteiger partial charge on any atom is 0.314 e. The monoisotopic (exact) mass is 166 g/mol. The number of ether oxygens (including phenoxy) is 1. The average molecular weight is 167 g/mol. The predicted molar refractivity (Wildman–Crippen MR) is 38.8 cm³/mol. The van der Waals surface area contributed by atoms with Crippen LogP contribution in [0.3, 0.4) is 0 Å². The average Bonchev–Trinajstić information content (AvgIpc) is 1.91. The first kappa shape index (κ1) is 12.1. The van der Waals surface area contributed by atoms with Crippen LogP contribution < -0.4 is 0 Å². The molecule has 0 atom stereocenters. The molecule has 4 heteroatoms. The van der Waals surface area contributed by atoms with Gasteiger partial charge in [0.2, 0.25) is 5.24 Å². The molecule has 0 radical (unpaired) electrons. The summed E-state index contributed by atoms with van der Waals surface area (Å²) in [7, 11) is 1.20. The Morgan fingerprint density at radius 1 is 1.40 bits per heavy atom. The van der Waals surface area contributed by atoms with E-state index < -0.39 is 11.2 Å². The van der Waals surface area contributed by atoms with E-state index in [9.17, 15) is 9.59 Å². The number of esters is 1. The number of methoxy groups -OCH3 is 1. The van der Waals surface area contributed by atoms with Gasteiger partial charge in [0.15, 0.2) is 0 Å². The van der Waals surface area contributed by atoms with Crippen molar-refractivity contribution in [1.29, 1.82) is 0 Å². The Hall–Kier alpha value is -0.570. The van der Waals surface area contributed by atoms with Gasteiger partial charge in [0, 0.05) is 0 Å². The molecule has 60 valence electrons. The highest BCUT2D eigenvalue weighted by atomic mass is 35.5. The summed E-state index contributed by atoms with van der Waals surface area (Å²) in [4.78, 5) is 20.0. The van der Waals surface area contributed by atoms with E-state index in [1.54, 1.807) is 0 Å². The van der Waals surface area contributed by atoms with Crippen molar-refractivity contribution in [1.82, 2.24) is 0 Å². The molecule has 0 amide bonds. The molecular weight excluding hydrogens is 156 g/mol. The van der Waals surface area contributed by atoms with Gasteiger partial charge in [0.05, 0.1) is 7.11 Å². The highest BCUT2D eigenvalue weighted by Gasteiger charge is 2.04. The maximum atomic E-state index is 10.1. The lowest BCUT2D eigenvalue weighted by atomic mass is 10.5. The summed E-state index contributed by atoms with van der Waals surface area (Å²) in [6.45, 7) is 4.00. The van der Waals surface area contributed by atoms with E-state index in [0.29, 0.717) is 0 Å². The van der Waals surface area contributed by atoms with Crippen molar-refractivity contribution in [3.05, 3.63) is 0 Å². The SMILES string of the molecule is CC.COC(=O)CC(=O)Cl. The molecule has 0 aliphatic rings. The van der Waals surface area contributed by atoms with Crippen LogP contribution in [0.5, 0.6) is 0 Å². The molecule has 0 heterocycles. The Labute approximate surface area is 65.3 Å². The first-order valence-electron chi connectivity index (χ1n) is 2.92. The molecule has 0 saturated carbocycles. The van der Waals surface area contributed by atoms with E-state index >= 15 is 0 Å². The van der Waals surface area contributed by atoms with E-state index in [1.165, 1.54) is 7.11 Å². The molecule has 0 aromatic rings. The fraction of sp³-hybridized carbons (Fsp3) is 0.667.